The number of carbonyl (C=O) groups excluding carboxylic acids is 2. The van der Waals surface area contributed by atoms with Crippen LogP contribution in [0.2, 0.25) is 0 Å². The van der Waals surface area contributed by atoms with Crippen molar-refractivity contribution in [1.29, 1.82) is 0 Å². The number of allylic oxidation sites excluding steroid dienone is 1. The number of ketones is 1. The Bertz CT molecular complexity index is 1020. The zero-order chi connectivity index (χ0) is 24.6. The van der Waals surface area contributed by atoms with Crippen LogP contribution in [0.3, 0.4) is 0 Å². The van der Waals surface area contributed by atoms with Crippen molar-refractivity contribution in [3.63, 3.8) is 0 Å². The minimum Gasteiger partial charge on any atom is -0.493 e. The molecule has 2 aliphatic rings. The molecule has 0 radical (unpaired) electrons. The number of esters is 1. The summed E-state index contributed by atoms with van der Waals surface area (Å²) in [6, 6.07) is 17.7. The monoisotopic (exact) mass is 480 g/mol. The van der Waals surface area contributed by atoms with Gasteiger partial charge in [-0.1, -0.05) is 42.5 Å². The van der Waals surface area contributed by atoms with Gasteiger partial charge in [0.1, 0.15) is 24.7 Å². The molecule has 35 heavy (non-hydrogen) atoms. The highest BCUT2D eigenvalue weighted by atomic mass is 16.6. The second-order valence-corrected chi connectivity index (χ2v) is 8.70. The normalized spacial score (nSPS) is 22.4. The first-order chi connectivity index (χ1) is 17.0. The zero-order valence-corrected chi connectivity index (χ0v) is 20.2. The summed E-state index contributed by atoms with van der Waals surface area (Å²) >= 11 is 0. The highest BCUT2D eigenvalue weighted by molar-refractivity contribution is 5.96. The third kappa shape index (κ3) is 6.50. The van der Waals surface area contributed by atoms with Crippen LogP contribution in [0, 0.1) is 5.92 Å². The van der Waals surface area contributed by atoms with E-state index in [1.165, 1.54) is 6.26 Å². The lowest BCUT2D eigenvalue weighted by atomic mass is 9.80. The van der Waals surface area contributed by atoms with E-state index in [9.17, 15) is 9.59 Å². The van der Waals surface area contributed by atoms with Gasteiger partial charge < -0.3 is 23.7 Å². The second kappa shape index (κ2) is 12.0. The van der Waals surface area contributed by atoms with E-state index in [0.29, 0.717) is 38.2 Å². The Labute approximate surface area is 206 Å². The van der Waals surface area contributed by atoms with Gasteiger partial charge >= 0.3 is 5.97 Å². The van der Waals surface area contributed by atoms with Gasteiger partial charge in [-0.3, -0.25) is 4.79 Å². The molecule has 4 rings (SSSR count). The average molecular weight is 481 g/mol. The van der Waals surface area contributed by atoms with Crippen LogP contribution in [-0.4, -0.2) is 49.9 Å². The van der Waals surface area contributed by atoms with Crippen molar-refractivity contribution >= 4 is 11.8 Å². The Hall–Kier alpha value is -3.16. The lowest BCUT2D eigenvalue weighted by Crippen LogP contribution is -2.43. The van der Waals surface area contributed by atoms with E-state index < -0.39 is 12.1 Å². The van der Waals surface area contributed by atoms with Gasteiger partial charge in [0.15, 0.2) is 6.10 Å². The van der Waals surface area contributed by atoms with E-state index in [-0.39, 0.29) is 36.3 Å². The van der Waals surface area contributed by atoms with Gasteiger partial charge in [-0.2, -0.15) is 0 Å². The standard InChI is InChI=1S/C28H32O7/c1-3-31-15-16-32-28(30)19(2)34-23-13-14-24-25(17-23)33-18-26(27(24)29)35-22-11-9-21(10-12-22)20-7-5-4-6-8-20/h4-12,18-19,23-25H,3,13-17H2,1-2H3. The topological polar surface area (TPSA) is 80.3 Å². The summed E-state index contributed by atoms with van der Waals surface area (Å²) in [5.74, 6) is 0.0350. The van der Waals surface area contributed by atoms with Crippen molar-refractivity contribution in [2.75, 3.05) is 19.8 Å². The summed E-state index contributed by atoms with van der Waals surface area (Å²) < 4.78 is 28.0. The van der Waals surface area contributed by atoms with Gasteiger partial charge in [0.25, 0.3) is 0 Å². The van der Waals surface area contributed by atoms with Crippen molar-refractivity contribution in [2.45, 2.75) is 51.4 Å². The maximum Gasteiger partial charge on any atom is 0.335 e. The number of hydrogen-bond donors (Lipinski definition) is 0. The van der Waals surface area contributed by atoms with E-state index in [0.717, 1.165) is 11.1 Å². The van der Waals surface area contributed by atoms with E-state index in [4.69, 9.17) is 23.7 Å². The highest BCUT2D eigenvalue weighted by Crippen LogP contribution is 2.35. The van der Waals surface area contributed by atoms with Crippen LogP contribution in [0.5, 0.6) is 5.75 Å². The van der Waals surface area contributed by atoms with Crippen molar-refractivity contribution < 1.29 is 33.3 Å². The molecular formula is C28H32O7. The molecule has 1 heterocycles. The Morgan fingerprint density at radius 1 is 1.03 bits per heavy atom. The van der Waals surface area contributed by atoms with Gasteiger partial charge in [0.05, 0.1) is 18.6 Å². The van der Waals surface area contributed by atoms with Crippen molar-refractivity contribution in [2.24, 2.45) is 5.92 Å². The molecule has 1 saturated carbocycles. The first kappa shape index (κ1) is 24.9. The fraction of sp³-hybridized carbons (Fsp3) is 0.429. The molecule has 7 heteroatoms. The largest absolute Gasteiger partial charge is 0.493 e. The van der Waals surface area contributed by atoms with Crippen LogP contribution in [0.15, 0.2) is 66.6 Å². The lowest BCUT2D eigenvalue weighted by molar-refractivity contribution is -0.165. The summed E-state index contributed by atoms with van der Waals surface area (Å²) in [4.78, 5) is 25.2. The fourth-order valence-electron chi connectivity index (χ4n) is 4.41. The molecule has 2 aromatic carbocycles. The lowest BCUT2D eigenvalue weighted by Gasteiger charge is -2.37. The highest BCUT2D eigenvalue weighted by Gasteiger charge is 2.42. The Morgan fingerprint density at radius 3 is 2.51 bits per heavy atom. The summed E-state index contributed by atoms with van der Waals surface area (Å²) in [6.45, 7) is 4.71. The van der Waals surface area contributed by atoms with Crippen LogP contribution in [-0.2, 0) is 28.5 Å². The molecule has 4 atom stereocenters. The van der Waals surface area contributed by atoms with Gasteiger partial charge in [-0.25, -0.2) is 4.79 Å². The van der Waals surface area contributed by atoms with Gasteiger partial charge in [-0.15, -0.1) is 0 Å². The molecule has 0 N–H and O–H groups in total. The third-order valence-corrected chi connectivity index (χ3v) is 6.27. The molecule has 0 saturated heterocycles. The number of rotatable bonds is 10. The maximum atomic E-state index is 13.1. The van der Waals surface area contributed by atoms with Crippen LogP contribution < -0.4 is 4.74 Å². The molecule has 0 aromatic heterocycles. The van der Waals surface area contributed by atoms with Crippen molar-refractivity contribution in [3.05, 3.63) is 66.6 Å². The summed E-state index contributed by atoms with van der Waals surface area (Å²) in [5, 5.41) is 0. The number of hydrogen-bond acceptors (Lipinski definition) is 7. The minimum absolute atomic E-state index is 0.0600. The van der Waals surface area contributed by atoms with Gasteiger partial charge in [-0.05, 0) is 49.9 Å². The van der Waals surface area contributed by atoms with Gasteiger partial charge in [0.2, 0.25) is 11.5 Å². The predicted octanol–water partition coefficient (Wildman–Crippen LogP) is 4.70. The maximum absolute atomic E-state index is 13.1. The van der Waals surface area contributed by atoms with Crippen LogP contribution in [0.4, 0.5) is 0 Å². The van der Waals surface area contributed by atoms with E-state index >= 15 is 0 Å². The zero-order valence-electron chi connectivity index (χ0n) is 20.2. The molecule has 0 amide bonds. The quantitative estimate of drug-likeness (QED) is 0.360. The van der Waals surface area contributed by atoms with Crippen LogP contribution in [0.25, 0.3) is 11.1 Å². The summed E-state index contributed by atoms with van der Waals surface area (Å²) in [5.41, 5.74) is 2.19. The van der Waals surface area contributed by atoms with Crippen molar-refractivity contribution in [3.8, 4) is 16.9 Å². The number of ether oxygens (including phenoxy) is 5. The van der Waals surface area contributed by atoms with Gasteiger partial charge in [0, 0.05) is 13.0 Å². The third-order valence-electron chi connectivity index (χ3n) is 6.27. The number of benzene rings is 2. The number of Topliss-reactive ketones (excluding diaryl/α,β-unsaturated/α-hetero) is 1. The predicted molar refractivity (Wildman–Crippen MR) is 130 cm³/mol. The molecule has 1 fully saturated rings. The molecule has 1 aliphatic carbocycles. The van der Waals surface area contributed by atoms with E-state index in [2.05, 4.69) is 0 Å². The van der Waals surface area contributed by atoms with Crippen molar-refractivity contribution in [1.82, 2.24) is 0 Å². The molecule has 2 aromatic rings. The van der Waals surface area contributed by atoms with Crippen LogP contribution in [0.1, 0.15) is 33.1 Å². The molecular weight excluding hydrogens is 448 g/mol. The Morgan fingerprint density at radius 2 is 1.77 bits per heavy atom. The number of carbonyl (C=O) groups is 2. The average Bonchev–Trinajstić information content (AvgIpc) is 2.89. The number of fused-ring (bicyclic) bond motifs is 1. The first-order valence-corrected chi connectivity index (χ1v) is 12.2. The Kier molecular flexibility index (Phi) is 8.55. The molecule has 1 aliphatic heterocycles. The van der Waals surface area contributed by atoms with Crippen LogP contribution >= 0.6 is 0 Å². The molecule has 4 unspecified atom stereocenters. The molecule has 0 spiro atoms. The summed E-state index contributed by atoms with van der Waals surface area (Å²) in [7, 11) is 0. The Balaban J connectivity index is 1.29. The molecule has 7 nitrogen and oxygen atoms in total. The fourth-order valence-corrected chi connectivity index (χ4v) is 4.41. The SMILES string of the molecule is CCOCCOC(=O)C(C)OC1CCC2C(=O)C(Oc3ccc(-c4ccccc4)cc3)=COC2C1. The smallest absolute Gasteiger partial charge is 0.335 e. The second-order valence-electron chi connectivity index (χ2n) is 8.70. The molecule has 0 bridgehead atoms. The van der Waals surface area contributed by atoms with E-state index in [1.54, 1.807) is 6.92 Å². The molecule has 186 valence electrons. The summed E-state index contributed by atoms with van der Waals surface area (Å²) in [6.07, 6.45) is 2.03. The van der Waals surface area contributed by atoms with E-state index in [1.807, 2.05) is 61.5 Å². The minimum atomic E-state index is -0.689. The first-order valence-electron chi connectivity index (χ1n) is 12.2.